The van der Waals surface area contributed by atoms with Crippen LogP contribution in [0, 0.1) is 13.8 Å². The molecule has 3 rings (SSSR count). The number of carbonyl (C=O) groups excluding carboxylic acids is 2. The van der Waals surface area contributed by atoms with Crippen molar-refractivity contribution in [2.45, 2.75) is 59.2 Å². The zero-order valence-electron chi connectivity index (χ0n) is 20.6. The van der Waals surface area contributed by atoms with E-state index >= 15 is 0 Å². The molecule has 4 nitrogen and oxygen atoms in total. The van der Waals surface area contributed by atoms with Crippen molar-refractivity contribution in [3.63, 3.8) is 0 Å². The van der Waals surface area contributed by atoms with E-state index in [4.69, 9.17) is 23.2 Å². The summed E-state index contributed by atoms with van der Waals surface area (Å²) in [6.45, 7) is 8.01. The predicted molar refractivity (Wildman–Crippen MR) is 144 cm³/mol. The van der Waals surface area contributed by atoms with Crippen LogP contribution in [-0.4, -0.2) is 28.8 Å². The first kappa shape index (κ1) is 26.8. The molecule has 0 aliphatic carbocycles. The quantitative estimate of drug-likeness (QED) is 0.366. The smallest absolute Gasteiger partial charge is 0.243 e. The Morgan fingerprint density at radius 1 is 0.857 bits per heavy atom. The summed E-state index contributed by atoms with van der Waals surface area (Å²) in [5.41, 5.74) is 4.77. The lowest BCUT2D eigenvalue weighted by molar-refractivity contribution is -0.141. The molecule has 0 saturated heterocycles. The largest absolute Gasteiger partial charge is 0.352 e. The van der Waals surface area contributed by atoms with Crippen LogP contribution in [0.15, 0.2) is 66.7 Å². The van der Waals surface area contributed by atoms with Crippen LogP contribution < -0.4 is 5.32 Å². The zero-order chi connectivity index (χ0) is 25.5. The normalized spacial score (nSPS) is 11.9. The van der Waals surface area contributed by atoms with Gasteiger partial charge in [-0.2, -0.15) is 0 Å². The van der Waals surface area contributed by atoms with E-state index in [1.54, 1.807) is 23.1 Å². The number of aryl methyl sites for hydroxylation is 2. The van der Waals surface area contributed by atoms with Gasteiger partial charge in [0.25, 0.3) is 0 Å². The molecule has 0 spiro atoms. The second kappa shape index (κ2) is 12.2. The van der Waals surface area contributed by atoms with Crippen molar-refractivity contribution in [1.82, 2.24) is 10.2 Å². The summed E-state index contributed by atoms with van der Waals surface area (Å²) in [4.78, 5) is 28.9. The second-order valence-corrected chi connectivity index (χ2v) is 10.0. The molecule has 184 valence electrons. The fourth-order valence-corrected chi connectivity index (χ4v) is 4.50. The van der Waals surface area contributed by atoms with Crippen molar-refractivity contribution < 1.29 is 9.59 Å². The van der Waals surface area contributed by atoms with Gasteiger partial charge in [-0.05, 0) is 62.1 Å². The molecule has 1 N–H and O–H groups in total. The summed E-state index contributed by atoms with van der Waals surface area (Å²) in [7, 11) is 0. The van der Waals surface area contributed by atoms with Gasteiger partial charge in [-0.1, -0.05) is 77.8 Å². The number of carbonyl (C=O) groups is 2. The van der Waals surface area contributed by atoms with Crippen LogP contribution in [0.25, 0.3) is 0 Å². The fourth-order valence-electron chi connectivity index (χ4n) is 3.98. The highest BCUT2D eigenvalue weighted by Crippen LogP contribution is 2.27. The van der Waals surface area contributed by atoms with Gasteiger partial charge in [0, 0.05) is 34.6 Å². The number of nitrogens with one attached hydrogen (secondary N) is 1. The average Bonchev–Trinajstić information content (AvgIpc) is 2.80. The van der Waals surface area contributed by atoms with Gasteiger partial charge < -0.3 is 10.2 Å². The molecule has 3 aromatic rings. The first-order chi connectivity index (χ1) is 16.7. The van der Waals surface area contributed by atoms with Crippen molar-refractivity contribution in [2.24, 2.45) is 0 Å². The van der Waals surface area contributed by atoms with Crippen molar-refractivity contribution in [3.05, 3.63) is 105 Å². The van der Waals surface area contributed by atoms with E-state index in [1.165, 1.54) is 5.56 Å². The van der Waals surface area contributed by atoms with E-state index in [9.17, 15) is 9.59 Å². The van der Waals surface area contributed by atoms with E-state index in [0.29, 0.717) is 22.0 Å². The standard InChI is InChI=1S/C29H32Cl2N2O2/c1-19(2)32-29(35)27(16-22-9-6-5-7-10-22)33(18-24-25(30)11-8-12-26(24)31)28(34)17-23-14-13-20(3)21(4)15-23/h5-15,19,27H,16-18H2,1-4H3,(H,32,35)/t27-/m0/s1. The van der Waals surface area contributed by atoms with Gasteiger partial charge in [0.15, 0.2) is 0 Å². The maximum atomic E-state index is 13.8. The Morgan fingerprint density at radius 3 is 2.11 bits per heavy atom. The molecule has 2 amide bonds. The minimum atomic E-state index is -0.730. The van der Waals surface area contributed by atoms with Crippen LogP contribution in [0.2, 0.25) is 10.0 Å². The second-order valence-electron chi connectivity index (χ2n) is 9.19. The molecular weight excluding hydrogens is 479 g/mol. The third-order valence-electron chi connectivity index (χ3n) is 6.02. The summed E-state index contributed by atoms with van der Waals surface area (Å²) < 4.78 is 0. The van der Waals surface area contributed by atoms with Crippen LogP contribution in [0.5, 0.6) is 0 Å². The number of benzene rings is 3. The summed E-state index contributed by atoms with van der Waals surface area (Å²) in [6.07, 6.45) is 0.545. The van der Waals surface area contributed by atoms with Crippen molar-refractivity contribution >= 4 is 35.0 Å². The van der Waals surface area contributed by atoms with Crippen LogP contribution >= 0.6 is 23.2 Å². The van der Waals surface area contributed by atoms with Crippen molar-refractivity contribution in [1.29, 1.82) is 0 Å². The molecule has 35 heavy (non-hydrogen) atoms. The van der Waals surface area contributed by atoms with Gasteiger partial charge in [-0.3, -0.25) is 9.59 Å². The molecule has 0 aliphatic rings. The predicted octanol–water partition coefficient (Wildman–Crippen LogP) is 6.32. The third-order valence-corrected chi connectivity index (χ3v) is 6.73. The lowest BCUT2D eigenvalue weighted by Gasteiger charge is -2.32. The van der Waals surface area contributed by atoms with Crippen molar-refractivity contribution in [2.75, 3.05) is 0 Å². The van der Waals surface area contributed by atoms with E-state index in [2.05, 4.69) is 5.32 Å². The molecule has 0 saturated carbocycles. The van der Waals surface area contributed by atoms with Crippen LogP contribution in [-0.2, 0) is 29.0 Å². The van der Waals surface area contributed by atoms with Crippen LogP contribution in [0.3, 0.4) is 0 Å². The van der Waals surface area contributed by atoms with E-state index in [-0.39, 0.29) is 30.8 Å². The van der Waals surface area contributed by atoms with E-state index in [0.717, 1.165) is 16.7 Å². The van der Waals surface area contributed by atoms with Gasteiger partial charge in [-0.15, -0.1) is 0 Å². The van der Waals surface area contributed by atoms with E-state index in [1.807, 2.05) is 76.2 Å². The molecule has 0 heterocycles. The Balaban J connectivity index is 2.03. The SMILES string of the molecule is Cc1ccc(CC(=O)N(Cc2c(Cl)cccc2Cl)[C@@H](Cc2ccccc2)C(=O)NC(C)C)cc1C. The highest BCUT2D eigenvalue weighted by Gasteiger charge is 2.31. The van der Waals surface area contributed by atoms with Crippen LogP contribution in [0.4, 0.5) is 0 Å². The number of rotatable bonds is 9. The number of hydrogen-bond donors (Lipinski definition) is 1. The Bertz CT molecular complexity index is 1160. The Kier molecular flexibility index (Phi) is 9.36. The minimum Gasteiger partial charge on any atom is -0.352 e. The number of amides is 2. The maximum Gasteiger partial charge on any atom is 0.243 e. The molecule has 0 fully saturated rings. The highest BCUT2D eigenvalue weighted by atomic mass is 35.5. The summed E-state index contributed by atoms with van der Waals surface area (Å²) in [6, 6.07) is 20.2. The molecule has 0 unspecified atom stereocenters. The number of nitrogens with zero attached hydrogens (tertiary/aromatic N) is 1. The summed E-state index contributed by atoms with van der Waals surface area (Å²) in [5.74, 6) is -0.371. The molecular formula is C29H32Cl2N2O2. The van der Waals surface area contributed by atoms with Gasteiger partial charge in [0.05, 0.1) is 6.42 Å². The third kappa shape index (κ3) is 7.33. The molecule has 1 atom stereocenters. The first-order valence-corrected chi connectivity index (χ1v) is 12.5. The average molecular weight is 511 g/mol. The minimum absolute atomic E-state index is 0.0682. The Hall–Kier alpha value is -2.82. The van der Waals surface area contributed by atoms with E-state index < -0.39 is 6.04 Å². The first-order valence-electron chi connectivity index (χ1n) is 11.8. The van der Waals surface area contributed by atoms with Gasteiger partial charge in [-0.25, -0.2) is 0 Å². The van der Waals surface area contributed by atoms with Crippen molar-refractivity contribution in [3.8, 4) is 0 Å². The monoisotopic (exact) mass is 510 g/mol. The number of halogens is 2. The zero-order valence-corrected chi connectivity index (χ0v) is 22.2. The lowest BCUT2D eigenvalue weighted by atomic mass is 10.00. The summed E-state index contributed by atoms with van der Waals surface area (Å²) >= 11 is 13.0. The topological polar surface area (TPSA) is 49.4 Å². The molecule has 3 aromatic carbocycles. The molecule has 0 aliphatic heterocycles. The molecule has 0 radical (unpaired) electrons. The number of hydrogen-bond acceptors (Lipinski definition) is 2. The Labute approximate surface area is 218 Å². The lowest BCUT2D eigenvalue weighted by Crippen LogP contribution is -2.52. The highest BCUT2D eigenvalue weighted by molar-refractivity contribution is 6.36. The summed E-state index contributed by atoms with van der Waals surface area (Å²) in [5, 5.41) is 3.92. The fraction of sp³-hybridized carbons (Fsp3) is 0.310. The Morgan fingerprint density at radius 2 is 1.51 bits per heavy atom. The van der Waals surface area contributed by atoms with Gasteiger partial charge in [0.1, 0.15) is 6.04 Å². The molecule has 6 heteroatoms. The molecule has 0 bridgehead atoms. The van der Waals surface area contributed by atoms with Crippen LogP contribution in [0.1, 0.15) is 41.7 Å². The van der Waals surface area contributed by atoms with Gasteiger partial charge in [0.2, 0.25) is 11.8 Å². The molecule has 0 aromatic heterocycles. The van der Waals surface area contributed by atoms with Gasteiger partial charge >= 0.3 is 0 Å². The maximum absolute atomic E-state index is 13.8.